The van der Waals surface area contributed by atoms with Crippen LogP contribution in [-0.4, -0.2) is 68.4 Å². The second-order valence-corrected chi connectivity index (χ2v) is 14.5. The predicted octanol–water partition coefficient (Wildman–Crippen LogP) is 8.23. The van der Waals surface area contributed by atoms with E-state index in [0.29, 0.717) is 38.6 Å². The van der Waals surface area contributed by atoms with Crippen molar-refractivity contribution in [1.82, 2.24) is 29.8 Å². The first-order valence-electron chi connectivity index (χ1n) is 16.3. The van der Waals surface area contributed by atoms with Crippen LogP contribution in [0, 0.1) is 17.1 Å². The molecule has 2 aromatic heterocycles. The number of nitrogens with one attached hydrogen (secondary N) is 2. The Morgan fingerprint density at radius 3 is 2.52 bits per heavy atom. The molecule has 1 atom stereocenters. The quantitative estimate of drug-likeness (QED) is 0.165. The second kappa shape index (κ2) is 14.2. The van der Waals surface area contributed by atoms with Crippen LogP contribution in [0.1, 0.15) is 72.9 Å². The minimum atomic E-state index is -0.650. The lowest BCUT2D eigenvalue weighted by molar-refractivity contribution is 0.0827. The molecule has 258 valence electrons. The largest absolute Gasteiger partial charge is 0.373 e. The van der Waals surface area contributed by atoms with E-state index in [1.807, 2.05) is 29.1 Å². The summed E-state index contributed by atoms with van der Waals surface area (Å²) in [5.41, 5.74) is 3.68. The van der Waals surface area contributed by atoms with Gasteiger partial charge < -0.3 is 15.5 Å². The Hall–Kier alpha value is -4.76. The predicted molar refractivity (Wildman–Crippen MR) is 196 cm³/mol. The summed E-state index contributed by atoms with van der Waals surface area (Å²) in [6, 6.07) is 17.3. The van der Waals surface area contributed by atoms with E-state index >= 15 is 4.39 Å². The minimum Gasteiger partial charge on any atom is -0.373 e. The third-order valence-electron chi connectivity index (χ3n) is 9.05. The van der Waals surface area contributed by atoms with E-state index in [1.165, 1.54) is 23.2 Å². The zero-order valence-corrected chi connectivity index (χ0v) is 30.0. The van der Waals surface area contributed by atoms with E-state index in [1.54, 1.807) is 38.4 Å². The van der Waals surface area contributed by atoms with Crippen LogP contribution < -0.4 is 10.6 Å². The molecule has 1 unspecified atom stereocenters. The number of benzene rings is 3. The van der Waals surface area contributed by atoms with E-state index in [4.69, 9.17) is 23.2 Å². The van der Waals surface area contributed by atoms with Crippen LogP contribution in [0.2, 0.25) is 10.0 Å². The highest BCUT2D eigenvalue weighted by atomic mass is 35.5. The number of fused-ring (bicyclic) bond motifs is 1. The van der Waals surface area contributed by atoms with Crippen LogP contribution in [0.3, 0.4) is 0 Å². The fourth-order valence-electron chi connectivity index (χ4n) is 6.30. The molecule has 1 aliphatic heterocycles. The van der Waals surface area contributed by atoms with Gasteiger partial charge in [-0.3, -0.25) is 14.7 Å². The van der Waals surface area contributed by atoms with Gasteiger partial charge >= 0.3 is 0 Å². The van der Waals surface area contributed by atoms with E-state index in [0.717, 1.165) is 31.5 Å². The molecule has 3 heterocycles. The molecule has 0 radical (unpaired) electrons. The number of hydrogen-bond acceptors (Lipinski definition) is 8. The number of nitrogens with zero attached hydrogens (tertiary/aromatic N) is 7. The van der Waals surface area contributed by atoms with Crippen LogP contribution in [-0.2, 0) is 0 Å². The summed E-state index contributed by atoms with van der Waals surface area (Å²) in [4.78, 5) is 21.4. The van der Waals surface area contributed by atoms with E-state index < -0.39 is 11.9 Å². The lowest BCUT2D eigenvalue weighted by Gasteiger charge is -2.40. The highest BCUT2D eigenvalue weighted by molar-refractivity contribution is 6.36. The molecule has 0 bridgehead atoms. The number of anilines is 3. The first kappa shape index (κ1) is 35.1. The van der Waals surface area contributed by atoms with E-state index in [2.05, 4.69) is 57.7 Å². The average molecular weight is 715 g/mol. The molecule has 10 nitrogen and oxygen atoms in total. The Balaban J connectivity index is 1.41. The van der Waals surface area contributed by atoms with Gasteiger partial charge in [-0.25, -0.2) is 9.07 Å². The van der Waals surface area contributed by atoms with Gasteiger partial charge in [-0.1, -0.05) is 46.6 Å². The van der Waals surface area contributed by atoms with Crippen molar-refractivity contribution in [2.24, 2.45) is 0 Å². The van der Waals surface area contributed by atoms with E-state index in [-0.39, 0.29) is 33.8 Å². The van der Waals surface area contributed by atoms with Crippen LogP contribution >= 0.6 is 23.2 Å². The van der Waals surface area contributed by atoms with Gasteiger partial charge in [0.2, 0.25) is 0 Å². The number of carbonyl (C=O) groups is 1. The number of amides is 1. The molecule has 3 aromatic carbocycles. The fraction of sp³-hybridized carbons (Fsp3) is 0.324. The number of piperidine rings is 1. The Bertz CT molecular complexity index is 2100. The summed E-state index contributed by atoms with van der Waals surface area (Å²) in [5, 5.41) is 26.5. The molecule has 5 aromatic rings. The van der Waals surface area contributed by atoms with Gasteiger partial charge in [-0.15, -0.1) is 5.10 Å². The molecule has 1 fully saturated rings. The highest BCUT2D eigenvalue weighted by Crippen LogP contribution is 2.38. The lowest BCUT2D eigenvalue weighted by Crippen LogP contribution is -2.46. The molecule has 13 heteroatoms. The Kier molecular flexibility index (Phi) is 9.98. The van der Waals surface area contributed by atoms with Gasteiger partial charge in [0, 0.05) is 55.6 Å². The zero-order valence-electron chi connectivity index (χ0n) is 28.5. The van der Waals surface area contributed by atoms with Crippen LogP contribution in [0.4, 0.5) is 21.5 Å². The van der Waals surface area contributed by atoms with Crippen LogP contribution in [0.5, 0.6) is 0 Å². The monoisotopic (exact) mass is 713 g/mol. The molecule has 1 amide bonds. The Morgan fingerprint density at radius 1 is 1.08 bits per heavy atom. The molecule has 2 N–H and O–H groups in total. The number of likely N-dealkylation sites (tertiary alicyclic amines) is 1. The molecule has 0 saturated carbocycles. The molecule has 1 saturated heterocycles. The number of nitriles is 1. The van der Waals surface area contributed by atoms with E-state index in [9.17, 15) is 10.1 Å². The standard InChI is InChI=1S/C37H38Cl2FN9O/c1-37(2,3)48-14-12-26(13-15-48)49-21-31(45-46-49)34(22-8-6-9-23(16-22)36(50)47(4)5)43-25-17-27-33(44-30-11-7-10-28(38)32(30)40)24(19-41)20-42-35(27)29(39)18-25/h6-11,16-18,20-21,26,34,43H,12-15H2,1-5H3,(H,42,44). The summed E-state index contributed by atoms with van der Waals surface area (Å²) < 4.78 is 16.9. The number of aromatic nitrogens is 4. The maximum atomic E-state index is 15.0. The van der Waals surface area contributed by atoms with Crippen molar-refractivity contribution in [3.05, 3.63) is 105 Å². The normalized spacial score (nSPS) is 14.7. The molecule has 1 aliphatic rings. The Morgan fingerprint density at radius 2 is 1.82 bits per heavy atom. The molecule has 50 heavy (non-hydrogen) atoms. The maximum Gasteiger partial charge on any atom is 0.253 e. The summed E-state index contributed by atoms with van der Waals surface area (Å²) in [6.45, 7) is 8.62. The lowest BCUT2D eigenvalue weighted by atomic mass is 9.98. The van der Waals surface area contributed by atoms with Gasteiger partial charge in [0.1, 0.15) is 11.8 Å². The molecule has 0 aliphatic carbocycles. The SMILES string of the molecule is CN(C)C(=O)c1cccc(C(Nc2cc(Cl)c3ncc(C#N)c(Nc4cccc(Cl)c4F)c3c2)c2cn(C3CCN(C(C)(C)C)CC3)nn2)c1. The average Bonchev–Trinajstić information content (AvgIpc) is 3.59. The molecule has 0 spiro atoms. The first-order valence-corrected chi connectivity index (χ1v) is 17.1. The highest BCUT2D eigenvalue weighted by Gasteiger charge is 2.29. The molecular weight excluding hydrogens is 676 g/mol. The summed E-state index contributed by atoms with van der Waals surface area (Å²) in [7, 11) is 3.42. The maximum absolute atomic E-state index is 15.0. The van der Waals surface area contributed by atoms with Gasteiger partial charge in [-0.2, -0.15) is 5.26 Å². The van der Waals surface area contributed by atoms with Gasteiger partial charge in [-0.05, 0) is 75.6 Å². The van der Waals surface area contributed by atoms with Gasteiger partial charge in [0.25, 0.3) is 5.91 Å². The van der Waals surface area contributed by atoms with Gasteiger partial charge in [0.05, 0.1) is 50.8 Å². The Labute approximate surface area is 300 Å². The van der Waals surface area contributed by atoms with Crippen molar-refractivity contribution in [2.75, 3.05) is 37.8 Å². The van der Waals surface area contributed by atoms with Crippen LogP contribution in [0.15, 0.2) is 67.0 Å². The second-order valence-electron chi connectivity index (χ2n) is 13.7. The number of halogens is 3. The van der Waals surface area contributed by atoms with Crippen molar-refractivity contribution in [3.63, 3.8) is 0 Å². The van der Waals surface area contributed by atoms with Crippen molar-refractivity contribution >= 4 is 57.1 Å². The number of rotatable bonds is 8. The third-order valence-corrected chi connectivity index (χ3v) is 9.63. The molecule has 6 rings (SSSR count). The summed E-state index contributed by atoms with van der Waals surface area (Å²) >= 11 is 12.9. The van der Waals surface area contributed by atoms with Crippen molar-refractivity contribution < 1.29 is 9.18 Å². The van der Waals surface area contributed by atoms with Crippen molar-refractivity contribution in [1.29, 1.82) is 5.26 Å². The summed E-state index contributed by atoms with van der Waals surface area (Å²) in [5.74, 6) is -0.782. The van der Waals surface area contributed by atoms with Crippen molar-refractivity contribution in [3.8, 4) is 6.07 Å². The summed E-state index contributed by atoms with van der Waals surface area (Å²) in [6.07, 6.45) is 5.25. The van der Waals surface area contributed by atoms with Crippen LogP contribution in [0.25, 0.3) is 10.9 Å². The number of hydrogen-bond donors (Lipinski definition) is 2. The first-order chi connectivity index (χ1) is 23.8. The number of pyridine rings is 1. The molecular formula is C37H38Cl2FN9O. The smallest absolute Gasteiger partial charge is 0.253 e. The van der Waals surface area contributed by atoms with Crippen molar-refractivity contribution in [2.45, 2.75) is 51.2 Å². The fourth-order valence-corrected chi connectivity index (χ4v) is 6.75. The minimum absolute atomic E-state index is 0.0575. The third kappa shape index (κ3) is 7.24. The van der Waals surface area contributed by atoms with Gasteiger partial charge in [0.15, 0.2) is 5.82 Å². The zero-order chi connectivity index (χ0) is 35.7. The topological polar surface area (TPSA) is 115 Å². The number of carbonyl (C=O) groups excluding carboxylic acids is 1.